The number of hydrogen-bond acceptors (Lipinski definition) is 4. The zero-order valence-corrected chi connectivity index (χ0v) is 18.2. The summed E-state index contributed by atoms with van der Waals surface area (Å²) in [6.45, 7) is 0. The van der Waals surface area contributed by atoms with Gasteiger partial charge in [-0.05, 0) is 43.6 Å². The number of benzene rings is 1. The lowest BCUT2D eigenvalue weighted by atomic mass is 9.89. The van der Waals surface area contributed by atoms with Gasteiger partial charge in [0.1, 0.15) is 0 Å². The van der Waals surface area contributed by atoms with E-state index in [1.807, 2.05) is 42.5 Å². The summed E-state index contributed by atoms with van der Waals surface area (Å²) in [5.41, 5.74) is 1.19. The van der Waals surface area contributed by atoms with E-state index in [2.05, 4.69) is 6.08 Å². The summed E-state index contributed by atoms with van der Waals surface area (Å²) < 4.78 is 0. The number of carbonyl (C=O) groups is 1. The van der Waals surface area contributed by atoms with Crippen LogP contribution in [0.3, 0.4) is 0 Å². The van der Waals surface area contributed by atoms with E-state index in [0.717, 1.165) is 19.3 Å². The third-order valence-electron chi connectivity index (χ3n) is 5.88. The quantitative estimate of drug-likeness (QED) is 0.383. The van der Waals surface area contributed by atoms with Crippen LogP contribution < -0.4 is 0 Å². The Morgan fingerprint density at radius 2 is 1.90 bits per heavy atom. The fourth-order valence-corrected chi connectivity index (χ4v) is 3.98. The number of aliphatic hydroxyl groups is 3. The smallest absolute Gasteiger partial charge is 0.222 e. The van der Waals surface area contributed by atoms with E-state index in [-0.39, 0.29) is 17.7 Å². The molecule has 0 spiro atoms. The summed E-state index contributed by atoms with van der Waals surface area (Å²) in [4.78, 5) is 13.2. The minimum atomic E-state index is -0.589. The molecule has 0 radical (unpaired) electrons. The van der Waals surface area contributed by atoms with Crippen LogP contribution in [0, 0.1) is 11.8 Å². The summed E-state index contributed by atoms with van der Waals surface area (Å²) >= 11 is 0. The Labute approximate surface area is 180 Å². The van der Waals surface area contributed by atoms with Crippen LogP contribution in [0.4, 0.5) is 0 Å². The average molecular weight is 416 g/mol. The highest BCUT2D eigenvalue weighted by atomic mass is 16.3. The summed E-state index contributed by atoms with van der Waals surface area (Å²) in [7, 11) is 3.52. The first kappa shape index (κ1) is 24.3. The van der Waals surface area contributed by atoms with Gasteiger partial charge in [-0.15, -0.1) is 0 Å². The Balaban J connectivity index is 1.79. The van der Waals surface area contributed by atoms with Crippen LogP contribution in [0.5, 0.6) is 0 Å². The zero-order chi connectivity index (χ0) is 21.9. The van der Waals surface area contributed by atoms with Gasteiger partial charge in [-0.3, -0.25) is 4.79 Å². The first-order valence-electron chi connectivity index (χ1n) is 11.0. The first-order valence-corrected chi connectivity index (χ1v) is 11.0. The van der Waals surface area contributed by atoms with Gasteiger partial charge in [-0.1, -0.05) is 54.6 Å². The zero-order valence-electron chi connectivity index (χ0n) is 18.2. The molecule has 5 nitrogen and oxygen atoms in total. The Bertz CT molecular complexity index is 686. The van der Waals surface area contributed by atoms with Gasteiger partial charge in [0.2, 0.25) is 5.91 Å². The van der Waals surface area contributed by atoms with E-state index < -0.39 is 18.3 Å². The third kappa shape index (κ3) is 8.05. The highest BCUT2D eigenvalue weighted by molar-refractivity contribution is 5.75. The Kier molecular flexibility index (Phi) is 10.3. The predicted molar refractivity (Wildman–Crippen MR) is 120 cm³/mol. The number of amides is 1. The van der Waals surface area contributed by atoms with Gasteiger partial charge in [0.25, 0.3) is 0 Å². The number of rotatable bonds is 11. The molecule has 5 heteroatoms. The number of aliphatic hydroxyl groups excluding tert-OH is 3. The second-order valence-electron chi connectivity index (χ2n) is 8.48. The number of nitrogens with zero attached hydrogens (tertiary/aromatic N) is 1. The summed E-state index contributed by atoms with van der Waals surface area (Å²) in [5.74, 6) is -0.0858. The minimum absolute atomic E-state index is 0.0581. The molecule has 1 aliphatic carbocycles. The molecule has 2 rings (SSSR count). The van der Waals surface area contributed by atoms with E-state index in [1.54, 1.807) is 25.1 Å². The van der Waals surface area contributed by atoms with Crippen LogP contribution in [0.1, 0.15) is 44.1 Å². The lowest BCUT2D eigenvalue weighted by Crippen LogP contribution is -2.21. The van der Waals surface area contributed by atoms with E-state index in [1.165, 1.54) is 5.56 Å². The van der Waals surface area contributed by atoms with Crippen molar-refractivity contribution in [1.29, 1.82) is 0 Å². The molecule has 1 aliphatic rings. The Morgan fingerprint density at radius 1 is 1.17 bits per heavy atom. The third-order valence-corrected chi connectivity index (χ3v) is 5.88. The topological polar surface area (TPSA) is 81.0 Å². The van der Waals surface area contributed by atoms with Crippen LogP contribution in [0.15, 0.2) is 54.6 Å². The highest BCUT2D eigenvalue weighted by Gasteiger charge is 2.39. The standard InChI is InChI=1S/C25H37NO4/c1-26(2)25(30)13-9-4-3-8-12-21-22(24(29)18-23(21)28)17-16-20(27)15-14-19-10-6-5-7-11-19/h3,5-8,10-11,16-17,20-24,27-29H,4,9,12-15,18H2,1-2H3/t20-,21+,22+,23-,24+/m0/s1. The Morgan fingerprint density at radius 3 is 2.60 bits per heavy atom. The Hall–Kier alpha value is -1.95. The molecular formula is C25H37NO4. The van der Waals surface area contributed by atoms with Crippen molar-refractivity contribution in [3.63, 3.8) is 0 Å². The van der Waals surface area contributed by atoms with Crippen molar-refractivity contribution in [3.05, 3.63) is 60.2 Å². The number of carbonyl (C=O) groups excluding carboxylic acids is 1. The maximum atomic E-state index is 11.6. The lowest BCUT2D eigenvalue weighted by Gasteiger charge is -2.19. The summed E-state index contributed by atoms with van der Waals surface area (Å²) in [6, 6.07) is 10.1. The van der Waals surface area contributed by atoms with Gasteiger partial charge in [-0.25, -0.2) is 0 Å². The maximum Gasteiger partial charge on any atom is 0.222 e. The average Bonchev–Trinajstić information content (AvgIpc) is 3.00. The SMILES string of the molecule is CN(C)C(=O)CCCC=CC[C@@H]1[C@@H](C=C[C@@H](O)CCc2ccccc2)[C@H](O)C[C@@H]1O. The number of aryl methyl sites for hydroxylation is 1. The van der Waals surface area contributed by atoms with Gasteiger partial charge in [-0.2, -0.15) is 0 Å². The van der Waals surface area contributed by atoms with Crippen LogP contribution >= 0.6 is 0 Å². The van der Waals surface area contributed by atoms with E-state index >= 15 is 0 Å². The summed E-state index contributed by atoms with van der Waals surface area (Å²) in [6.07, 6.45) is 10.7. The molecule has 1 amide bonds. The fourth-order valence-electron chi connectivity index (χ4n) is 3.98. The molecule has 5 atom stereocenters. The van der Waals surface area contributed by atoms with E-state index in [4.69, 9.17) is 0 Å². The van der Waals surface area contributed by atoms with Crippen LogP contribution in [0.25, 0.3) is 0 Å². The van der Waals surface area contributed by atoms with Crippen LogP contribution in [-0.2, 0) is 11.2 Å². The van der Waals surface area contributed by atoms with E-state index in [9.17, 15) is 20.1 Å². The molecule has 0 aromatic heterocycles. The molecule has 1 aromatic carbocycles. The second kappa shape index (κ2) is 12.7. The van der Waals surface area contributed by atoms with Crippen molar-refractivity contribution in [2.45, 2.75) is 63.3 Å². The first-order chi connectivity index (χ1) is 14.4. The molecule has 1 saturated carbocycles. The number of allylic oxidation sites excluding steroid dienone is 2. The maximum absolute atomic E-state index is 11.6. The van der Waals surface area contributed by atoms with Crippen molar-refractivity contribution >= 4 is 5.91 Å². The number of unbranched alkanes of at least 4 members (excludes halogenated alkanes) is 1. The van der Waals surface area contributed by atoms with Gasteiger partial charge >= 0.3 is 0 Å². The van der Waals surface area contributed by atoms with Crippen molar-refractivity contribution in [1.82, 2.24) is 4.90 Å². The molecular weight excluding hydrogens is 378 g/mol. The normalized spacial score (nSPS) is 25.2. The van der Waals surface area contributed by atoms with Gasteiger partial charge < -0.3 is 20.2 Å². The fraction of sp³-hybridized carbons (Fsp3) is 0.560. The van der Waals surface area contributed by atoms with Crippen molar-refractivity contribution < 1.29 is 20.1 Å². The largest absolute Gasteiger partial charge is 0.393 e. The molecule has 166 valence electrons. The molecule has 0 unspecified atom stereocenters. The molecule has 0 aliphatic heterocycles. The van der Waals surface area contributed by atoms with Crippen LogP contribution in [-0.4, -0.2) is 58.5 Å². The molecule has 0 heterocycles. The van der Waals surface area contributed by atoms with Gasteiger partial charge in [0, 0.05) is 32.9 Å². The molecule has 1 fully saturated rings. The highest BCUT2D eigenvalue weighted by Crippen LogP contribution is 2.36. The molecule has 1 aromatic rings. The van der Waals surface area contributed by atoms with Gasteiger partial charge in [0.15, 0.2) is 0 Å². The molecule has 30 heavy (non-hydrogen) atoms. The summed E-state index contributed by atoms with van der Waals surface area (Å²) in [5, 5.41) is 31.0. The van der Waals surface area contributed by atoms with Crippen LogP contribution in [0.2, 0.25) is 0 Å². The minimum Gasteiger partial charge on any atom is -0.393 e. The van der Waals surface area contributed by atoms with Gasteiger partial charge in [0.05, 0.1) is 18.3 Å². The second-order valence-corrected chi connectivity index (χ2v) is 8.48. The molecule has 0 saturated heterocycles. The molecule has 3 N–H and O–H groups in total. The molecule has 0 bridgehead atoms. The van der Waals surface area contributed by atoms with Crippen molar-refractivity contribution in [2.24, 2.45) is 11.8 Å². The lowest BCUT2D eigenvalue weighted by molar-refractivity contribution is -0.128. The van der Waals surface area contributed by atoms with Crippen molar-refractivity contribution in [3.8, 4) is 0 Å². The predicted octanol–water partition coefficient (Wildman–Crippen LogP) is 3.10. The van der Waals surface area contributed by atoms with Crippen molar-refractivity contribution in [2.75, 3.05) is 14.1 Å². The van der Waals surface area contributed by atoms with E-state index in [0.29, 0.717) is 25.7 Å². The number of hydrogen-bond donors (Lipinski definition) is 3. The monoisotopic (exact) mass is 415 g/mol.